The molecule has 0 spiro atoms. The molecule has 0 radical (unpaired) electrons. The zero-order valence-corrected chi connectivity index (χ0v) is 31.3. The number of phosphoric acid groups is 1. The lowest BCUT2D eigenvalue weighted by molar-refractivity contribution is -0.161. The van der Waals surface area contributed by atoms with Crippen molar-refractivity contribution >= 4 is 19.8 Å². The van der Waals surface area contributed by atoms with E-state index < -0.39 is 32.5 Å². The molecule has 0 rings (SSSR count). The monoisotopic (exact) mass is 696 g/mol. The molecule has 0 fully saturated rings. The van der Waals surface area contributed by atoms with E-state index in [1.54, 1.807) is 0 Å². The molecule has 0 aliphatic heterocycles. The second-order valence-corrected chi connectivity index (χ2v) is 13.9. The number of carbonyl (C=O) groups is 2. The fourth-order valence-electron chi connectivity index (χ4n) is 5.15. The Morgan fingerprint density at radius 3 is 1.50 bits per heavy atom. The molecule has 0 heterocycles. The molecule has 48 heavy (non-hydrogen) atoms. The van der Waals surface area contributed by atoms with E-state index in [9.17, 15) is 14.2 Å². The molecule has 1 unspecified atom stereocenters. The van der Waals surface area contributed by atoms with E-state index in [-0.39, 0.29) is 19.4 Å². The first-order chi connectivity index (χ1) is 23.3. The van der Waals surface area contributed by atoms with Gasteiger partial charge in [0.2, 0.25) is 0 Å². The molecule has 0 saturated carbocycles. The molecule has 278 valence electrons. The maximum absolute atomic E-state index is 12.3. The molecule has 9 heteroatoms. The molecule has 0 aromatic heterocycles. The van der Waals surface area contributed by atoms with Gasteiger partial charge in [-0.25, -0.2) is 4.57 Å². The normalized spacial score (nSPS) is 13.0. The predicted molar refractivity (Wildman–Crippen MR) is 198 cm³/mol. The first-order valence-electron chi connectivity index (χ1n) is 19.0. The number of hydrogen-bond acceptors (Lipinski definition) is 6. The minimum absolute atomic E-state index is 0.166. The maximum atomic E-state index is 12.3. The fourth-order valence-corrected chi connectivity index (χ4v) is 5.51. The minimum atomic E-state index is -4.76. The van der Waals surface area contributed by atoms with Gasteiger partial charge in [-0.05, 0) is 32.1 Å². The van der Waals surface area contributed by atoms with E-state index in [1.165, 1.54) is 89.9 Å². The maximum Gasteiger partial charge on any atom is 0.469 e. The summed E-state index contributed by atoms with van der Waals surface area (Å²) in [4.78, 5) is 42.7. The van der Waals surface area contributed by atoms with Gasteiger partial charge in [0.05, 0.1) is 6.61 Å². The Bertz CT molecular complexity index is 921. The van der Waals surface area contributed by atoms with Crippen LogP contribution in [0.3, 0.4) is 0 Å². The molecule has 0 aromatic rings. The minimum Gasteiger partial charge on any atom is -0.462 e. The Morgan fingerprint density at radius 2 is 1.00 bits per heavy atom. The second-order valence-electron chi connectivity index (χ2n) is 12.6. The lowest BCUT2D eigenvalue weighted by Gasteiger charge is -2.18. The average molecular weight is 697 g/mol. The van der Waals surface area contributed by atoms with Crippen LogP contribution in [-0.4, -0.2) is 41.0 Å². The van der Waals surface area contributed by atoms with Gasteiger partial charge in [-0.1, -0.05) is 172 Å². The fraction of sp³-hybridized carbons (Fsp3) is 0.744. The number of ether oxygens (including phenoxy) is 2. The van der Waals surface area contributed by atoms with Crippen molar-refractivity contribution in [3.8, 4) is 0 Å². The zero-order chi connectivity index (χ0) is 35.4. The lowest BCUT2D eigenvalue weighted by atomic mass is 10.0. The van der Waals surface area contributed by atoms with Crippen LogP contribution in [-0.2, 0) is 28.2 Å². The summed E-state index contributed by atoms with van der Waals surface area (Å²) in [6.45, 7) is 3.50. The summed E-state index contributed by atoms with van der Waals surface area (Å²) >= 11 is 0. The van der Waals surface area contributed by atoms with Crippen LogP contribution in [0.5, 0.6) is 0 Å². The van der Waals surface area contributed by atoms with Gasteiger partial charge in [0.25, 0.3) is 0 Å². The van der Waals surface area contributed by atoms with Crippen LogP contribution in [0.1, 0.15) is 168 Å². The summed E-state index contributed by atoms with van der Waals surface area (Å²) in [5.41, 5.74) is 0. The van der Waals surface area contributed by atoms with E-state index >= 15 is 0 Å². The van der Waals surface area contributed by atoms with Gasteiger partial charge in [-0.15, -0.1) is 0 Å². The molecule has 0 aromatic carbocycles. The largest absolute Gasteiger partial charge is 0.469 e. The zero-order valence-electron chi connectivity index (χ0n) is 30.4. The van der Waals surface area contributed by atoms with Gasteiger partial charge in [0, 0.05) is 12.8 Å². The van der Waals surface area contributed by atoms with Crippen LogP contribution < -0.4 is 0 Å². The van der Waals surface area contributed by atoms with Crippen molar-refractivity contribution in [2.24, 2.45) is 0 Å². The number of unbranched alkanes of at least 4 members (excludes halogenated alkanes) is 19. The number of phosphoric ester groups is 1. The predicted octanol–water partition coefficient (Wildman–Crippen LogP) is 11.2. The molecule has 2 N–H and O–H groups in total. The van der Waals surface area contributed by atoms with Crippen molar-refractivity contribution < 1.29 is 37.9 Å². The summed E-state index contributed by atoms with van der Waals surface area (Å²) in [6, 6.07) is 0. The molecule has 0 aliphatic carbocycles. The van der Waals surface area contributed by atoms with Gasteiger partial charge in [0.15, 0.2) is 6.10 Å². The summed E-state index contributed by atoms with van der Waals surface area (Å²) in [5.74, 6) is -0.929. The van der Waals surface area contributed by atoms with Crippen LogP contribution in [0.2, 0.25) is 0 Å². The van der Waals surface area contributed by atoms with Crippen molar-refractivity contribution in [2.75, 3.05) is 13.2 Å². The van der Waals surface area contributed by atoms with Crippen LogP contribution >= 0.6 is 7.82 Å². The lowest BCUT2D eigenvalue weighted by Crippen LogP contribution is -2.29. The highest BCUT2D eigenvalue weighted by Crippen LogP contribution is 2.36. The SMILES string of the molecule is CC/C=C/C=C/C=C/C=C/CCCCCC(=O)OC(COC(=O)CCCCCCCCCCCCCCCCCCC)COP(=O)(O)O. The molecule has 8 nitrogen and oxygen atoms in total. The quantitative estimate of drug-likeness (QED) is 0.0295. The Balaban J connectivity index is 3.98. The third kappa shape index (κ3) is 36.8. The van der Waals surface area contributed by atoms with Crippen molar-refractivity contribution in [2.45, 2.75) is 174 Å². The van der Waals surface area contributed by atoms with Gasteiger partial charge in [-0.3, -0.25) is 14.1 Å². The summed E-state index contributed by atoms with van der Waals surface area (Å²) in [6.07, 6.45) is 41.2. The average Bonchev–Trinajstić information content (AvgIpc) is 3.05. The Kier molecular flexibility index (Phi) is 33.4. The van der Waals surface area contributed by atoms with E-state index in [2.05, 4.69) is 30.5 Å². The third-order valence-corrected chi connectivity index (χ3v) is 8.44. The van der Waals surface area contributed by atoms with E-state index in [1.807, 2.05) is 36.5 Å². The second kappa shape index (κ2) is 34.9. The molecule has 1 atom stereocenters. The Labute approximate surface area is 293 Å². The van der Waals surface area contributed by atoms with Crippen LogP contribution in [0.15, 0.2) is 48.6 Å². The van der Waals surface area contributed by atoms with Crippen LogP contribution in [0.4, 0.5) is 0 Å². The van der Waals surface area contributed by atoms with Gasteiger partial charge in [-0.2, -0.15) is 0 Å². The third-order valence-electron chi connectivity index (χ3n) is 7.96. The standard InChI is InChI=1S/C39H69O8P/c1-3-5-7-9-11-13-15-17-18-19-20-22-23-25-27-29-31-33-38(40)45-35-37(36-46-48(42,43)44)47-39(41)34-32-30-28-26-24-21-16-14-12-10-8-6-4-2/h6,8,10,12,14,16,21,24,37H,3-5,7,9,11,13,15,17-20,22-23,25-36H2,1-2H3,(H2,42,43,44)/b8-6+,12-10+,16-14+,24-21+. The van der Waals surface area contributed by atoms with Crippen molar-refractivity contribution in [3.05, 3.63) is 48.6 Å². The molecular weight excluding hydrogens is 627 g/mol. The number of esters is 2. The van der Waals surface area contributed by atoms with Gasteiger partial charge < -0.3 is 19.3 Å². The highest BCUT2D eigenvalue weighted by Gasteiger charge is 2.22. The van der Waals surface area contributed by atoms with Gasteiger partial charge in [0.1, 0.15) is 6.61 Å². The van der Waals surface area contributed by atoms with E-state index in [0.717, 1.165) is 44.9 Å². The number of allylic oxidation sites excluding steroid dienone is 8. The van der Waals surface area contributed by atoms with Crippen molar-refractivity contribution in [1.29, 1.82) is 0 Å². The van der Waals surface area contributed by atoms with E-state index in [4.69, 9.17) is 19.3 Å². The Hall–Kier alpha value is -1.99. The van der Waals surface area contributed by atoms with Gasteiger partial charge >= 0.3 is 19.8 Å². The van der Waals surface area contributed by atoms with Crippen molar-refractivity contribution in [3.63, 3.8) is 0 Å². The first-order valence-corrected chi connectivity index (χ1v) is 20.5. The molecule has 0 aliphatic rings. The van der Waals surface area contributed by atoms with Crippen molar-refractivity contribution in [1.82, 2.24) is 0 Å². The molecular formula is C39H69O8P. The number of carbonyl (C=O) groups excluding carboxylic acids is 2. The highest BCUT2D eigenvalue weighted by atomic mass is 31.2. The summed E-state index contributed by atoms with van der Waals surface area (Å²) < 4.78 is 26.3. The van der Waals surface area contributed by atoms with Crippen LogP contribution in [0, 0.1) is 0 Å². The van der Waals surface area contributed by atoms with Crippen LogP contribution in [0.25, 0.3) is 0 Å². The number of hydrogen-bond donors (Lipinski definition) is 2. The topological polar surface area (TPSA) is 119 Å². The molecule has 0 bridgehead atoms. The molecule has 0 saturated heterocycles. The Morgan fingerprint density at radius 1 is 0.562 bits per heavy atom. The highest BCUT2D eigenvalue weighted by molar-refractivity contribution is 7.46. The first kappa shape index (κ1) is 46.0. The summed E-state index contributed by atoms with van der Waals surface area (Å²) in [5, 5.41) is 0. The number of rotatable bonds is 34. The molecule has 0 amide bonds. The van der Waals surface area contributed by atoms with E-state index in [0.29, 0.717) is 6.42 Å². The summed E-state index contributed by atoms with van der Waals surface area (Å²) in [7, 11) is -4.76. The smallest absolute Gasteiger partial charge is 0.462 e.